The Morgan fingerprint density at radius 1 is 1.00 bits per heavy atom. The van der Waals surface area contributed by atoms with Gasteiger partial charge in [-0.1, -0.05) is 49.8 Å². The van der Waals surface area contributed by atoms with Crippen LogP contribution in [0.25, 0.3) is 0 Å². The minimum Gasteiger partial charge on any atom is -0.299 e. The van der Waals surface area contributed by atoms with Crippen LogP contribution >= 0.6 is 0 Å². The van der Waals surface area contributed by atoms with Gasteiger partial charge in [0, 0.05) is 12.8 Å². The summed E-state index contributed by atoms with van der Waals surface area (Å²) in [6.45, 7) is 5.03. The predicted octanol–water partition coefficient (Wildman–Crippen LogP) is 5.94. The third-order valence-corrected chi connectivity index (χ3v) is 8.60. The van der Waals surface area contributed by atoms with E-state index in [1.54, 1.807) is 5.57 Å². The van der Waals surface area contributed by atoms with Crippen molar-refractivity contribution >= 4 is 5.78 Å². The summed E-state index contributed by atoms with van der Waals surface area (Å²) in [5, 5.41) is 0. The fourth-order valence-electron chi connectivity index (χ4n) is 7.15. The number of hydrogen-bond donors (Lipinski definition) is 0. The summed E-state index contributed by atoms with van der Waals surface area (Å²) < 4.78 is 0. The first-order chi connectivity index (χ1) is 12.0. The van der Waals surface area contributed by atoms with Gasteiger partial charge < -0.3 is 0 Å². The molecule has 0 saturated heterocycles. The molecule has 5 atom stereocenters. The van der Waals surface area contributed by atoms with Crippen molar-refractivity contribution in [1.29, 1.82) is 0 Å². The minimum atomic E-state index is 0.299. The number of ketones is 1. The molecule has 0 aromatic carbocycles. The zero-order valence-electron chi connectivity index (χ0n) is 15.7. The second-order valence-electron chi connectivity index (χ2n) is 9.58. The molecule has 25 heavy (non-hydrogen) atoms. The van der Waals surface area contributed by atoms with Gasteiger partial charge in [0.2, 0.25) is 0 Å². The molecule has 5 rings (SSSR count). The van der Waals surface area contributed by atoms with Crippen molar-refractivity contribution in [3.05, 3.63) is 47.1 Å². The summed E-state index contributed by atoms with van der Waals surface area (Å²) in [5.41, 5.74) is 5.30. The van der Waals surface area contributed by atoms with E-state index in [1.165, 1.54) is 36.8 Å². The SMILES string of the molecule is CC12CCC(=O)CC1=CCC1C2CCC2(C)C(C3=CCC=C3)=CCC12. The van der Waals surface area contributed by atoms with Crippen LogP contribution in [0.2, 0.25) is 0 Å². The molecule has 5 aliphatic rings. The average molecular weight is 335 g/mol. The quantitative estimate of drug-likeness (QED) is 0.542. The zero-order valence-corrected chi connectivity index (χ0v) is 15.7. The molecule has 0 aromatic rings. The molecule has 2 fully saturated rings. The minimum absolute atomic E-state index is 0.299. The van der Waals surface area contributed by atoms with Crippen molar-refractivity contribution in [2.75, 3.05) is 0 Å². The molecule has 0 aromatic heterocycles. The van der Waals surface area contributed by atoms with Crippen molar-refractivity contribution < 1.29 is 4.79 Å². The van der Waals surface area contributed by atoms with Gasteiger partial charge in [0.15, 0.2) is 0 Å². The molecule has 132 valence electrons. The fraction of sp³-hybridized carbons (Fsp3) is 0.625. The largest absolute Gasteiger partial charge is 0.299 e. The van der Waals surface area contributed by atoms with Crippen LogP contribution in [0.15, 0.2) is 47.1 Å². The maximum atomic E-state index is 12.0. The van der Waals surface area contributed by atoms with E-state index >= 15 is 0 Å². The Hall–Kier alpha value is -1.37. The third kappa shape index (κ3) is 2.11. The molecular formula is C24H30O. The second kappa shape index (κ2) is 5.32. The number of carbonyl (C=O) groups is 1. The van der Waals surface area contributed by atoms with Crippen molar-refractivity contribution in [2.45, 2.75) is 65.2 Å². The van der Waals surface area contributed by atoms with E-state index in [1.807, 2.05) is 0 Å². The average Bonchev–Trinajstić information content (AvgIpc) is 3.22. The smallest absolute Gasteiger partial charge is 0.136 e. The van der Waals surface area contributed by atoms with Crippen molar-refractivity contribution in [2.24, 2.45) is 28.6 Å². The highest BCUT2D eigenvalue weighted by Gasteiger charge is 2.56. The molecule has 0 spiro atoms. The van der Waals surface area contributed by atoms with E-state index in [2.05, 4.69) is 44.2 Å². The highest BCUT2D eigenvalue weighted by Crippen LogP contribution is 2.65. The third-order valence-electron chi connectivity index (χ3n) is 8.60. The lowest BCUT2D eigenvalue weighted by Gasteiger charge is -2.57. The number of rotatable bonds is 1. The van der Waals surface area contributed by atoms with Crippen LogP contribution < -0.4 is 0 Å². The van der Waals surface area contributed by atoms with E-state index in [4.69, 9.17) is 0 Å². The maximum absolute atomic E-state index is 12.0. The van der Waals surface area contributed by atoms with E-state index in [0.29, 0.717) is 16.6 Å². The molecule has 0 bridgehead atoms. The van der Waals surface area contributed by atoms with Gasteiger partial charge in [-0.05, 0) is 78.3 Å². The summed E-state index contributed by atoms with van der Waals surface area (Å²) in [6, 6.07) is 0. The van der Waals surface area contributed by atoms with Gasteiger partial charge in [-0.25, -0.2) is 0 Å². The van der Waals surface area contributed by atoms with Gasteiger partial charge >= 0.3 is 0 Å². The van der Waals surface area contributed by atoms with Crippen LogP contribution in [0.1, 0.15) is 65.2 Å². The highest BCUT2D eigenvalue weighted by atomic mass is 16.1. The van der Waals surface area contributed by atoms with E-state index in [9.17, 15) is 4.79 Å². The first-order valence-electron chi connectivity index (χ1n) is 10.3. The molecule has 0 radical (unpaired) electrons. The number of carbonyl (C=O) groups excluding carboxylic acids is 1. The first-order valence-corrected chi connectivity index (χ1v) is 10.3. The van der Waals surface area contributed by atoms with Crippen LogP contribution in [0.5, 0.6) is 0 Å². The van der Waals surface area contributed by atoms with Gasteiger partial charge in [0.05, 0.1) is 0 Å². The van der Waals surface area contributed by atoms with Crippen molar-refractivity contribution in [3.63, 3.8) is 0 Å². The lowest BCUT2D eigenvalue weighted by Crippen LogP contribution is -2.49. The van der Waals surface area contributed by atoms with E-state index < -0.39 is 0 Å². The van der Waals surface area contributed by atoms with Crippen LogP contribution in [-0.4, -0.2) is 5.78 Å². The molecule has 0 heterocycles. The summed E-state index contributed by atoms with van der Waals surface area (Å²) in [7, 11) is 0. The van der Waals surface area contributed by atoms with Gasteiger partial charge in [0.25, 0.3) is 0 Å². The number of Topliss-reactive ketones (excluding diaryl/α,β-unsaturated/α-hetero) is 1. The molecule has 1 nitrogen and oxygen atoms in total. The Morgan fingerprint density at radius 3 is 2.68 bits per heavy atom. The lowest BCUT2D eigenvalue weighted by molar-refractivity contribution is -0.122. The number of allylic oxidation sites excluding steroid dienone is 8. The van der Waals surface area contributed by atoms with E-state index in [0.717, 1.165) is 43.4 Å². The van der Waals surface area contributed by atoms with E-state index in [-0.39, 0.29) is 0 Å². The van der Waals surface area contributed by atoms with Gasteiger partial charge in [-0.2, -0.15) is 0 Å². The standard InChI is InChI=1S/C24H30O/c1-23-13-11-18(25)15-17(23)7-8-19-21-10-9-20(16-5-3-4-6-16)24(21,2)14-12-22(19)23/h3,5-7,9,19,21-22H,4,8,10-15H2,1-2H3. The number of hydrogen-bond acceptors (Lipinski definition) is 1. The number of fused-ring (bicyclic) bond motifs is 5. The maximum Gasteiger partial charge on any atom is 0.136 e. The van der Waals surface area contributed by atoms with Crippen LogP contribution in [0.4, 0.5) is 0 Å². The molecule has 5 unspecified atom stereocenters. The predicted molar refractivity (Wildman–Crippen MR) is 102 cm³/mol. The van der Waals surface area contributed by atoms with Gasteiger partial charge in [0.1, 0.15) is 5.78 Å². The Morgan fingerprint density at radius 2 is 1.88 bits per heavy atom. The Kier molecular flexibility index (Phi) is 3.37. The molecular weight excluding hydrogens is 304 g/mol. The second-order valence-corrected chi connectivity index (χ2v) is 9.58. The topological polar surface area (TPSA) is 17.1 Å². The normalized spacial score (nSPS) is 45.3. The summed E-state index contributed by atoms with van der Waals surface area (Å²) in [4.78, 5) is 12.0. The summed E-state index contributed by atoms with van der Waals surface area (Å²) in [5.74, 6) is 2.86. The monoisotopic (exact) mass is 334 g/mol. The fourth-order valence-corrected chi connectivity index (χ4v) is 7.15. The Bertz CT molecular complexity index is 748. The van der Waals surface area contributed by atoms with Gasteiger partial charge in [-0.15, -0.1) is 0 Å². The first kappa shape index (κ1) is 15.9. The van der Waals surface area contributed by atoms with Crippen molar-refractivity contribution in [1.82, 2.24) is 0 Å². The summed E-state index contributed by atoms with van der Waals surface area (Å²) in [6.07, 6.45) is 21.0. The van der Waals surface area contributed by atoms with Gasteiger partial charge in [-0.3, -0.25) is 4.79 Å². The molecule has 2 saturated carbocycles. The molecule has 0 amide bonds. The molecule has 1 heteroatoms. The zero-order chi connectivity index (χ0) is 17.2. The van der Waals surface area contributed by atoms with Crippen LogP contribution in [0, 0.1) is 28.6 Å². The Balaban J connectivity index is 1.48. The molecule has 0 N–H and O–H groups in total. The van der Waals surface area contributed by atoms with Crippen LogP contribution in [-0.2, 0) is 4.79 Å². The highest BCUT2D eigenvalue weighted by molar-refractivity contribution is 5.82. The van der Waals surface area contributed by atoms with Crippen molar-refractivity contribution in [3.8, 4) is 0 Å². The Labute approximate surface area is 152 Å². The van der Waals surface area contributed by atoms with Crippen LogP contribution in [0.3, 0.4) is 0 Å². The summed E-state index contributed by atoms with van der Waals surface area (Å²) >= 11 is 0. The molecule has 0 aliphatic heterocycles. The lowest BCUT2D eigenvalue weighted by atomic mass is 9.47. The molecule has 5 aliphatic carbocycles.